The van der Waals surface area contributed by atoms with Crippen molar-refractivity contribution in [2.24, 2.45) is 0 Å². The molecule has 0 aliphatic heterocycles. The van der Waals surface area contributed by atoms with Gasteiger partial charge in [0.05, 0.1) is 11.2 Å². The van der Waals surface area contributed by atoms with Crippen molar-refractivity contribution >= 4 is 43.9 Å². The van der Waals surface area contributed by atoms with Gasteiger partial charge < -0.3 is 4.42 Å². The molecule has 0 radical (unpaired) electrons. The first-order valence-electron chi connectivity index (χ1n) is 17.9. The number of hydrogen-bond donors (Lipinski definition) is 0. The number of pyridine rings is 1. The standard InChI is InChI=1S/C47H31N5O/c1-47(2)38-19-8-6-14-31(38)34-16-10-17-36(42(34)47)45-50-43(28-12-4-3-5-13-28)49-44(51-45)29-21-24-40-37(26-29)33-23-22-30(27-41(33)53-40)52-39-20-9-7-15-32(39)35-18-11-25-48-46(35)52/h3-27H,1-2H3. The fourth-order valence-electron chi connectivity index (χ4n) is 8.48. The van der Waals surface area contributed by atoms with E-state index in [0.29, 0.717) is 17.5 Å². The molecule has 0 bridgehead atoms. The third-order valence-electron chi connectivity index (χ3n) is 10.9. The second kappa shape index (κ2) is 11.0. The van der Waals surface area contributed by atoms with E-state index < -0.39 is 0 Å². The van der Waals surface area contributed by atoms with E-state index in [-0.39, 0.29) is 5.41 Å². The fourth-order valence-corrected chi connectivity index (χ4v) is 8.48. The molecule has 0 spiro atoms. The van der Waals surface area contributed by atoms with Crippen molar-refractivity contribution in [2.45, 2.75) is 19.3 Å². The maximum Gasteiger partial charge on any atom is 0.164 e. The van der Waals surface area contributed by atoms with Gasteiger partial charge in [-0.1, -0.05) is 105 Å². The van der Waals surface area contributed by atoms with E-state index in [2.05, 4.69) is 128 Å². The molecule has 1 aliphatic carbocycles. The molecular formula is C47H31N5O. The normalized spacial score (nSPS) is 13.2. The predicted molar refractivity (Wildman–Crippen MR) is 213 cm³/mol. The van der Waals surface area contributed by atoms with Crippen molar-refractivity contribution in [2.75, 3.05) is 0 Å². The summed E-state index contributed by atoms with van der Waals surface area (Å²) < 4.78 is 8.72. The molecule has 4 heterocycles. The Morgan fingerprint density at radius 3 is 2.15 bits per heavy atom. The quantitative estimate of drug-likeness (QED) is 0.185. The Bertz CT molecular complexity index is 3050. The van der Waals surface area contributed by atoms with Crippen LogP contribution < -0.4 is 0 Å². The minimum absolute atomic E-state index is 0.217. The summed E-state index contributed by atoms with van der Waals surface area (Å²) in [6, 6.07) is 50.5. The molecule has 0 saturated heterocycles. The first-order chi connectivity index (χ1) is 26.0. The monoisotopic (exact) mass is 681 g/mol. The molecular weight excluding hydrogens is 651 g/mol. The van der Waals surface area contributed by atoms with Gasteiger partial charge in [0, 0.05) is 55.9 Å². The first-order valence-corrected chi connectivity index (χ1v) is 17.9. The maximum atomic E-state index is 6.51. The van der Waals surface area contributed by atoms with Crippen LogP contribution in [0.25, 0.3) is 94.9 Å². The van der Waals surface area contributed by atoms with E-state index in [0.717, 1.165) is 60.9 Å². The predicted octanol–water partition coefficient (Wildman–Crippen LogP) is 11.6. The van der Waals surface area contributed by atoms with Crippen LogP contribution in [0.2, 0.25) is 0 Å². The summed E-state index contributed by atoms with van der Waals surface area (Å²) in [5.74, 6) is 1.91. The number of para-hydroxylation sites is 1. The summed E-state index contributed by atoms with van der Waals surface area (Å²) in [6.45, 7) is 4.59. The Morgan fingerprint density at radius 1 is 0.509 bits per heavy atom. The molecule has 250 valence electrons. The SMILES string of the molecule is CC1(C)c2ccccc2-c2cccc(-c3nc(-c4ccccc4)nc(-c4ccc5oc6cc(-n7c8ccccc8c8cccnc87)ccc6c5c4)n3)c21. The fraction of sp³-hybridized carbons (Fsp3) is 0.0638. The summed E-state index contributed by atoms with van der Waals surface area (Å²) in [4.78, 5) is 20.2. The number of furan rings is 1. The van der Waals surface area contributed by atoms with Crippen LogP contribution in [-0.2, 0) is 5.41 Å². The molecule has 4 aromatic heterocycles. The van der Waals surface area contributed by atoms with Crippen LogP contribution in [0.1, 0.15) is 25.0 Å². The highest BCUT2D eigenvalue weighted by molar-refractivity contribution is 6.09. The van der Waals surface area contributed by atoms with Crippen LogP contribution in [-0.4, -0.2) is 24.5 Å². The summed E-state index contributed by atoms with van der Waals surface area (Å²) in [5, 5.41) is 4.32. The zero-order valence-corrected chi connectivity index (χ0v) is 29.1. The van der Waals surface area contributed by atoms with E-state index in [1.807, 2.05) is 42.6 Å². The van der Waals surface area contributed by atoms with Crippen LogP contribution >= 0.6 is 0 Å². The first kappa shape index (κ1) is 29.8. The van der Waals surface area contributed by atoms with Gasteiger partial charge in [0.1, 0.15) is 16.8 Å². The van der Waals surface area contributed by atoms with Gasteiger partial charge in [-0.2, -0.15) is 0 Å². The average Bonchev–Trinajstić information content (AvgIpc) is 3.83. The van der Waals surface area contributed by atoms with E-state index in [9.17, 15) is 0 Å². The molecule has 1 aliphatic rings. The van der Waals surface area contributed by atoms with Crippen LogP contribution in [0, 0.1) is 0 Å². The molecule has 0 fully saturated rings. The second-order valence-electron chi connectivity index (χ2n) is 14.3. The second-order valence-corrected chi connectivity index (χ2v) is 14.3. The molecule has 0 saturated carbocycles. The van der Waals surface area contributed by atoms with Gasteiger partial charge in [-0.25, -0.2) is 19.9 Å². The number of benzene rings is 6. The Hall–Kier alpha value is -6.92. The molecule has 53 heavy (non-hydrogen) atoms. The third-order valence-corrected chi connectivity index (χ3v) is 10.9. The van der Waals surface area contributed by atoms with Gasteiger partial charge in [-0.15, -0.1) is 0 Å². The topological polar surface area (TPSA) is 69.6 Å². The Kier molecular flexibility index (Phi) is 6.20. The van der Waals surface area contributed by atoms with Gasteiger partial charge in [-0.3, -0.25) is 4.57 Å². The number of aromatic nitrogens is 5. The Balaban J connectivity index is 1.08. The van der Waals surface area contributed by atoms with Crippen molar-refractivity contribution in [3.63, 3.8) is 0 Å². The van der Waals surface area contributed by atoms with E-state index in [4.69, 9.17) is 24.4 Å². The largest absolute Gasteiger partial charge is 0.456 e. The highest BCUT2D eigenvalue weighted by Gasteiger charge is 2.38. The summed E-state index contributed by atoms with van der Waals surface area (Å²) in [7, 11) is 0. The van der Waals surface area contributed by atoms with E-state index in [1.54, 1.807) is 0 Å². The molecule has 6 aromatic carbocycles. The van der Waals surface area contributed by atoms with Crippen LogP contribution in [0.3, 0.4) is 0 Å². The Labute approximate surface area is 305 Å². The van der Waals surface area contributed by atoms with Gasteiger partial charge in [0.2, 0.25) is 0 Å². The zero-order chi connectivity index (χ0) is 35.3. The third kappa shape index (κ3) is 4.39. The summed E-state index contributed by atoms with van der Waals surface area (Å²) in [5.41, 5.74) is 12.3. The molecule has 0 unspecified atom stereocenters. The number of rotatable bonds is 4. The van der Waals surface area contributed by atoms with Crippen molar-refractivity contribution in [3.05, 3.63) is 163 Å². The van der Waals surface area contributed by atoms with Crippen molar-refractivity contribution in [3.8, 4) is 51.0 Å². The smallest absolute Gasteiger partial charge is 0.164 e. The molecule has 10 aromatic rings. The lowest BCUT2D eigenvalue weighted by molar-refractivity contribution is 0.661. The van der Waals surface area contributed by atoms with Crippen molar-refractivity contribution in [1.82, 2.24) is 24.5 Å². The number of nitrogens with zero attached hydrogens (tertiary/aromatic N) is 5. The molecule has 6 heteroatoms. The van der Waals surface area contributed by atoms with Gasteiger partial charge in [-0.05, 0) is 70.8 Å². The lowest BCUT2D eigenvalue weighted by Gasteiger charge is -2.24. The lowest BCUT2D eigenvalue weighted by Crippen LogP contribution is -2.17. The molecule has 0 atom stereocenters. The van der Waals surface area contributed by atoms with Gasteiger partial charge >= 0.3 is 0 Å². The van der Waals surface area contributed by atoms with Crippen LogP contribution in [0.5, 0.6) is 0 Å². The van der Waals surface area contributed by atoms with E-state index in [1.165, 1.54) is 27.6 Å². The minimum Gasteiger partial charge on any atom is -0.456 e. The molecule has 0 amide bonds. The highest BCUT2D eigenvalue weighted by Crippen LogP contribution is 2.51. The minimum atomic E-state index is -0.217. The number of hydrogen-bond acceptors (Lipinski definition) is 5. The average molecular weight is 682 g/mol. The van der Waals surface area contributed by atoms with Crippen molar-refractivity contribution < 1.29 is 4.42 Å². The molecule has 6 nitrogen and oxygen atoms in total. The van der Waals surface area contributed by atoms with Crippen molar-refractivity contribution in [1.29, 1.82) is 0 Å². The zero-order valence-electron chi connectivity index (χ0n) is 29.1. The summed E-state index contributed by atoms with van der Waals surface area (Å²) >= 11 is 0. The highest BCUT2D eigenvalue weighted by atomic mass is 16.3. The summed E-state index contributed by atoms with van der Waals surface area (Å²) in [6.07, 6.45) is 1.85. The molecule has 0 N–H and O–H groups in total. The van der Waals surface area contributed by atoms with Crippen LogP contribution in [0.15, 0.2) is 156 Å². The maximum absolute atomic E-state index is 6.51. The Morgan fingerprint density at radius 2 is 1.25 bits per heavy atom. The lowest BCUT2D eigenvalue weighted by atomic mass is 9.80. The van der Waals surface area contributed by atoms with E-state index >= 15 is 0 Å². The molecule has 11 rings (SSSR count). The van der Waals surface area contributed by atoms with Gasteiger partial charge in [0.15, 0.2) is 17.5 Å². The van der Waals surface area contributed by atoms with Gasteiger partial charge in [0.25, 0.3) is 0 Å². The number of fused-ring (bicyclic) bond motifs is 9. The van der Waals surface area contributed by atoms with Crippen LogP contribution in [0.4, 0.5) is 0 Å².